The van der Waals surface area contributed by atoms with Crippen molar-refractivity contribution in [1.29, 1.82) is 0 Å². The zero-order chi connectivity index (χ0) is 11.5. The zero-order valence-electron chi connectivity index (χ0n) is 8.86. The molecule has 2 rings (SSSR count). The van der Waals surface area contributed by atoms with Gasteiger partial charge in [0.15, 0.2) is 0 Å². The van der Waals surface area contributed by atoms with Crippen LogP contribution in [0.5, 0.6) is 0 Å². The molecule has 0 aliphatic carbocycles. The molecule has 0 amide bonds. The minimum absolute atomic E-state index is 0.404. The van der Waals surface area contributed by atoms with E-state index >= 15 is 0 Å². The monoisotopic (exact) mass is 210 g/mol. The van der Waals surface area contributed by atoms with Crippen LogP contribution in [0.4, 0.5) is 0 Å². The molecule has 2 heteroatoms. The highest BCUT2D eigenvalue weighted by atomic mass is 16.5. The smallest absolute Gasteiger partial charge is 0.339 e. The van der Waals surface area contributed by atoms with Crippen molar-refractivity contribution in [3.05, 3.63) is 47.5 Å². The van der Waals surface area contributed by atoms with Gasteiger partial charge in [-0.2, -0.15) is 0 Å². The number of fused-ring (bicyclic) bond motifs is 1. The second-order valence-electron chi connectivity index (χ2n) is 3.35. The van der Waals surface area contributed by atoms with Crippen molar-refractivity contribution in [3.63, 3.8) is 0 Å². The molecule has 2 nitrogen and oxygen atoms in total. The number of carbonyl (C=O) groups is 1. The van der Waals surface area contributed by atoms with Crippen molar-refractivity contribution < 1.29 is 9.53 Å². The molecule has 0 saturated carbocycles. The maximum absolute atomic E-state index is 11.5. The van der Waals surface area contributed by atoms with Gasteiger partial charge in [-0.1, -0.05) is 36.3 Å². The fourth-order valence-corrected chi connectivity index (χ4v) is 1.71. The second-order valence-corrected chi connectivity index (χ2v) is 3.35. The van der Waals surface area contributed by atoms with Crippen LogP contribution in [-0.4, -0.2) is 13.1 Å². The zero-order valence-corrected chi connectivity index (χ0v) is 8.86. The van der Waals surface area contributed by atoms with E-state index in [2.05, 4.69) is 5.92 Å². The van der Waals surface area contributed by atoms with Crippen molar-refractivity contribution in [2.75, 3.05) is 7.11 Å². The second kappa shape index (κ2) is 4.08. The van der Waals surface area contributed by atoms with Crippen LogP contribution < -0.4 is 0 Å². The van der Waals surface area contributed by atoms with Gasteiger partial charge in [-0.3, -0.25) is 0 Å². The van der Waals surface area contributed by atoms with Gasteiger partial charge >= 0.3 is 5.97 Å². The molecule has 78 valence electrons. The third-order valence-electron chi connectivity index (χ3n) is 2.48. The molecule has 0 bridgehead atoms. The van der Waals surface area contributed by atoms with Crippen LogP contribution >= 0.6 is 0 Å². The highest BCUT2D eigenvalue weighted by Crippen LogP contribution is 2.22. The number of hydrogen-bond donors (Lipinski definition) is 0. The van der Waals surface area contributed by atoms with Crippen molar-refractivity contribution in [2.24, 2.45) is 0 Å². The first-order valence-corrected chi connectivity index (χ1v) is 4.84. The van der Waals surface area contributed by atoms with Crippen LogP contribution in [0.2, 0.25) is 0 Å². The third-order valence-corrected chi connectivity index (χ3v) is 2.48. The Balaban J connectivity index is 2.79. The van der Waals surface area contributed by atoms with E-state index in [1.807, 2.05) is 30.3 Å². The highest BCUT2D eigenvalue weighted by Gasteiger charge is 2.12. The molecule has 0 radical (unpaired) electrons. The Morgan fingerprint density at radius 2 is 2.00 bits per heavy atom. The Kier molecular flexibility index (Phi) is 2.61. The van der Waals surface area contributed by atoms with Gasteiger partial charge in [-0.15, -0.1) is 6.42 Å². The van der Waals surface area contributed by atoms with E-state index in [4.69, 9.17) is 11.2 Å². The number of esters is 1. The Morgan fingerprint density at radius 1 is 1.25 bits per heavy atom. The summed E-state index contributed by atoms with van der Waals surface area (Å²) in [5.74, 6) is 2.15. The number of benzene rings is 2. The lowest BCUT2D eigenvalue weighted by molar-refractivity contribution is 0.0600. The molecule has 0 N–H and O–H groups in total. The SMILES string of the molecule is C#Cc1c(C(=O)OC)ccc2ccccc12. The Bertz CT molecular complexity index is 591. The van der Waals surface area contributed by atoms with Gasteiger partial charge in [0.1, 0.15) is 0 Å². The molecule has 0 aliphatic heterocycles. The van der Waals surface area contributed by atoms with Gasteiger partial charge in [0.05, 0.1) is 12.7 Å². The van der Waals surface area contributed by atoms with Crippen LogP contribution in [0.25, 0.3) is 10.8 Å². The number of ether oxygens (including phenoxy) is 1. The molecule has 0 aliphatic rings. The summed E-state index contributed by atoms with van der Waals surface area (Å²) in [5, 5.41) is 1.91. The molecule has 0 heterocycles. The largest absolute Gasteiger partial charge is 0.465 e. The molecule has 0 aromatic heterocycles. The number of methoxy groups -OCH3 is 1. The summed E-state index contributed by atoms with van der Waals surface area (Å²) in [7, 11) is 1.35. The average Bonchev–Trinajstić information content (AvgIpc) is 2.36. The third kappa shape index (κ3) is 1.53. The lowest BCUT2D eigenvalue weighted by atomic mass is 9.99. The predicted molar refractivity (Wildman–Crippen MR) is 63.2 cm³/mol. The van der Waals surface area contributed by atoms with Gasteiger partial charge in [-0.25, -0.2) is 4.79 Å². The van der Waals surface area contributed by atoms with Crippen LogP contribution in [0.3, 0.4) is 0 Å². The number of hydrogen-bond acceptors (Lipinski definition) is 2. The summed E-state index contributed by atoms with van der Waals surface area (Å²) in [6.45, 7) is 0. The molecule has 16 heavy (non-hydrogen) atoms. The van der Waals surface area contributed by atoms with Crippen LogP contribution in [0, 0.1) is 12.3 Å². The summed E-state index contributed by atoms with van der Waals surface area (Å²) < 4.78 is 4.69. The first-order chi connectivity index (χ1) is 7.77. The number of rotatable bonds is 1. The Hall–Kier alpha value is -2.27. The van der Waals surface area contributed by atoms with Gasteiger partial charge in [-0.05, 0) is 16.8 Å². The minimum atomic E-state index is -0.404. The van der Waals surface area contributed by atoms with Crippen LogP contribution in [0.15, 0.2) is 36.4 Å². The maximum Gasteiger partial charge on any atom is 0.339 e. The molecule has 0 spiro atoms. The molecule has 0 unspecified atom stereocenters. The van der Waals surface area contributed by atoms with E-state index in [0.29, 0.717) is 11.1 Å². The van der Waals surface area contributed by atoms with Crippen molar-refractivity contribution in [3.8, 4) is 12.3 Å². The van der Waals surface area contributed by atoms with Gasteiger partial charge < -0.3 is 4.74 Å². The average molecular weight is 210 g/mol. The van der Waals surface area contributed by atoms with E-state index in [9.17, 15) is 4.79 Å². The first-order valence-electron chi connectivity index (χ1n) is 4.84. The molecule has 0 saturated heterocycles. The van der Waals surface area contributed by atoms with Gasteiger partial charge in [0.25, 0.3) is 0 Å². The number of terminal acetylenes is 1. The normalized spacial score (nSPS) is 9.75. The summed E-state index contributed by atoms with van der Waals surface area (Å²) in [6.07, 6.45) is 5.45. The topological polar surface area (TPSA) is 26.3 Å². The van der Waals surface area contributed by atoms with Crippen LogP contribution in [-0.2, 0) is 4.74 Å². The van der Waals surface area contributed by atoms with E-state index < -0.39 is 5.97 Å². The Labute approximate surface area is 93.8 Å². The van der Waals surface area contributed by atoms with E-state index in [-0.39, 0.29) is 0 Å². The summed E-state index contributed by atoms with van der Waals surface area (Å²) in [6, 6.07) is 11.2. The molecular weight excluding hydrogens is 200 g/mol. The summed E-state index contributed by atoms with van der Waals surface area (Å²) >= 11 is 0. The highest BCUT2D eigenvalue weighted by molar-refractivity contribution is 6.00. The molecule has 0 fully saturated rings. The van der Waals surface area contributed by atoms with Crippen molar-refractivity contribution in [1.82, 2.24) is 0 Å². The Morgan fingerprint density at radius 3 is 2.69 bits per heavy atom. The van der Waals surface area contributed by atoms with Gasteiger partial charge in [0.2, 0.25) is 0 Å². The molecular formula is C14H10O2. The lowest BCUT2D eigenvalue weighted by Crippen LogP contribution is -2.04. The molecule has 2 aromatic carbocycles. The molecule has 2 aromatic rings. The summed E-state index contributed by atoms with van der Waals surface area (Å²) in [5.41, 5.74) is 1.02. The predicted octanol–water partition coefficient (Wildman–Crippen LogP) is 2.61. The lowest BCUT2D eigenvalue weighted by Gasteiger charge is -2.06. The standard InChI is InChI=1S/C14H10O2/c1-3-11-12-7-5-4-6-10(12)8-9-13(11)14(15)16-2/h1,4-9H,2H3. The van der Waals surface area contributed by atoms with E-state index in [1.165, 1.54) is 7.11 Å². The molecule has 0 atom stereocenters. The number of carbonyl (C=O) groups excluding carboxylic acids is 1. The summed E-state index contributed by atoms with van der Waals surface area (Å²) in [4.78, 5) is 11.5. The minimum Gasteiger partial charge on any atom is -0.465 e. The van der Waals surface area contributed by atoms with Crippen molar-refractivity contribution in [2.45, 2.75) is 0 Å². The quantitative estimate of drug-likeness (QED) is 0.534. The van der Waals surface area contributed by atoms with Crippen LogP contribution in [0.1, 0.15) is 15.9 Å². The van der Waals surface area contributed by atoms with E-state index in [0.717, 1.165) is 10.8 Å². The van der Waals surface area contributed by atoms with Crippen molar-refractivity contribution >= 4 is 16.7 Å². The first kappa shape index (κ1) is 10.3. The van der Waals surface area contributed by atoms with Gasteiger partial charge in [0, 0.05) is 5.56 Å². The maximum atomic E-state index is 11.5. The fraction of sp³-hybridized carbons (Fsp3) is 0.0714. The fourth-order valence-electron chi connectivity index (χ4n) is 1.71. The van der Waals surface area contributed by atoms with E-state index in [1.54, 1.807) is 6.07 Å².